The van der Waals surface area contributed by atoms with Gasteiger partial charge < -0.3 is 24.8 Å². The van der Waals surface area contributed by atoms with Crippen molar-refractivity contribution in [2.75, 3.05) is 72.9 Å². The standard InChI is InChI=1S/C19H40N4O3.HI/c1-4-6-13-25-16-17-26-14-10-22-19(20-5-2)21-9-11-23(12-15-24-3)18-7-8-18;/h18H,4-17H2,1-3H3,(H2,20,21,22);1H. The number of ether oxygens (including phenoxy) is 3. The molecule has 0 aromatic rings. The van der Waals surface area contributed by atoms with Crippen molar-refractivity contribution in [3.8, 4) is 0 Å². The van der Waals surface area contributed by atoms with Crippen molar-refractivity contribution < 1.29 is 14.2 Å². The number of unbranched alkanes of at least 4 members (excludes halogenated alkanes) is 1. The third-order valence-corrected chi connectivity index (χ3v) is 4.20. The summed E-state index contributed by atoms with van der Waals surface area (Å²) >= 11 is 0. The van der Waals surface area contributed by atoms with Gasteiger partial charge in [0.25, 0.3) is 0 Å². The molecule has 0 bridgehead atoms. The van der Waals surface area contributed by atoms with E-state index in [2.05, 4.69) is 34.4 Å². The van der Waals surface area contributed by atoms with Crippen molar-refractivity contribution in [3.63, 3.8) is 0 Å². The van der Waals surface area contributed by atoms with E-state index in [-0.39, 0.29) is 24.0 Å². The van der Waals surface area contributed by atoms with Gasteiger partial charge in [-0.3, -0.25) is 9.89 Å². The second kappa shape index (κ2) is 19.2. The Labute approximate surface area is 183 Å². The topological polar surface area (TPSA) is 67.4 Å². The van der Waals surface area contributed by atoms with Crippen LogP contribution in [0.5, 0.6) is 0 Å². The molecular formula is C19H41IN4O3. The zero-order valence-corrected chi connectivity index (χ0v) is 19.8. The molecule has 162 valence electrons. The van der Waals surface area contributed by atoms with Gasteiger partial charge in [-0.1, -0.05) is 13.3 Å². The van der Waals surface area contributed by atoms with Crippen molar-refractivity contribution in [2.45, 2.75) is 45.6 Å². The second-order valence-electron chi connectivity index (χ2n) is 6.53. The van der Waals surface area contributed by atoms with Crippen molar-refractivity contribution in [2.24, 2.45) is 4.99 Å². The van der Waals surface area contributed by atoms with E-state index in [1.165, 1.54) is 19.3 Å². The lowest BCUT2D eigenvalue weighted by Gasteiger charge is -2.20. The quantitative estimate of drug-likeness (QED) is 0.138. The van der Waals surface area contributed by atoms with Crippen LogP contribution in [0.15, 0.2) is 4.99 Å². The van der Waals surface area contributed by atoms with Crippen LogP contribution in [0.25, 0.3) is 0 Å². The molecule has 0 aliphatic heterocycles. The molecule has 0 heterocycles. The number of nitrogens with zero attached hydrogens (tertiary/aromatic N) is 2. The van der Waals surface area contributed by atoms with Crippen molar-refractivity contribution in [1.29, 1.82) is 0 Å². The van der Waals surface area contributed by atoms with Gasteiger partial charge in [0.2, 0.25) is 0 Å². The Kier molecular flexibility index (Phi) is 19.1. The lowest BCUT2D eigenvalue weighted by atomic mass is 10.4. The first-order chi connectivity index (χ1) is 12.8. The van der Waals surface area contributed by atoms with Gasteiger partial charge in [-0.25, -0.2) is 0 Å². The molecule has 27 heavy (non-hydrogen) atoms. The summed E-state index contributed by atoms with van der Waals surface area (Å²) in [7, 11) is 1.76. The van der Waals surface area contributed by atoms with Crippen LogP contribution in [0.1, 0.15) is 39.5 Å². The first kappa shape index (κ1) is 26.8. The molecule has 0 atom stereocenters. The molecule has 1 aliphatic rings. The number of hydrogen-bond acceptors (Lipinski definition) is 5. The number of aliphatic imine (C=N–C) groups is 1. The number of halogens is 1. The van der Waals surface area contributed by atoms with Crippen LogP contribution in [-0.2, 0) is 14.2 Å². The lowest BCUT2D eigenvalue weighted by molar-refractivity contribution is 0.0487. The first-order valence-electron chi connectivity index (χ1n) is 10.2. The van der Waals surface area contributed by atoms with Crippen LogP contribution in [0, 0.1) is 0 Å². The highest BCUT2D eigenvalue weighted by molar-refractivity contribution is 14.0. The third-order valence-electron chi connectivity index (χ3n) is 4.20. The van der Waals surface area contributed by atoms with E-state index in [4.69, 9.17) is 14.2 Å². The molecule has 8 heteroatoms. The third kappa shape index (κ3) is 15.4. The Morgan fingerprint density at radius 3 is 2.37 bits per heavy atom. The molecule has 0 radical (unpaired) electrons. The molecule has 0 unspecified atom stereocenters. The van der Waals surface area contributed by atoms with E-state index in [1.807, 2.05) is 0 Å². The molecule has 0 aromatic heterocycles. The fourth-order valence-corrected chi connectivity index (χ4v) is 2.57. The fourth-order valence-electron chi connectivity index (χ4n) is 2.57. The van der Waals surface area contributed by atoms with Gasteiger partial charge in [-0.15, -0.1) is 24.0 Å². The van der Waals surface area contributed by atoms with Gasteiger partial charge in [-0.2, -0.15) is 0 Å². The van der Waals surface area contributed by atoms with E-state index < -0.39 is 0 Å². The molecule has 0 saturated heterocycles. The highest BCUT2D eigenvalue weighted by Gasteiger charge is 2.28. The average molecular weight is 500 g/mol. The van der Waals surface area contributed by atoms with E-state index in [1.54, 1.807) is 7.11 Å². The van der Waals surface area contributed by atoms with Crippen LogP contribution in [0.3, 0.4) is 0 Å². The van der Waals surface area contributed by atoms with Gasteiger partial charge in [0.15, 0.2) is 5.96 Å². The molecule has 1 saturated carbocycles. The van der Waals surface area contributed by atoms with Crippen LogP contribution in [0.4, 0.5) is 0 Å². The van der Waals surface area contributed by atoms with Crippen molar-refractivity contribution >= 4 is 29.9 Å². The van der Waals surface area contributed by atoms with Crippen LogP contribution in [0.2, 0.25) is 0 Å². The second-order valence-corrected chi connectivity index (χ2v) is 6.53. The Hall–Kier alpha value is -0.160. The molecule has 0 aromatic carbocycles. The molecule has 2 N–H and O–H groups in total. The first-order valence-corrected chi connectivity index (χ1v) is 10.2. The zero-order chi connectivity index (χ0) is 18.9. The smallest absolute Gasteiger partial charge is 0.191 e. The number of guanidine groups is 1. The molecule has 1 fully saturated rings. The number of hydrogen-bond donors (Lipinski definition) is 2. The van der Waals surface area contributed by atoms with Crippen molar-refractivity contribution in [3.05, 3.63) is 0 Å². The summed E-state index contributed by atoms with van der Waals surface area (Å²) < 4.78 is 16.3. The maximum absolute atomic E-state index is 5.58. The van der Waals surface area contributed by atoms with E-state index in [0.717, 1.165) is 64.4 Å². The maximum atomic E-state index is 5.58. The minimum Gasteiger partial charge on any atom is -0.383 e. The molecule has 0 amide bonds. The van der Waals surface area contributed by atoms with E-state index >= 15 is 0 Å². The average Bonchev–Trinajstić information content (AvgIpc) is 3.48. The van der Waals surface area contributed by atoms with Gasteiger partial charge in [0.1, 0.15) is 0 Å². The molecule has 0 spiro atoms. The van der Waals surface area contributed by atoms with E-state index in [0.29, 0.717) is 19.8 Å². The largest absolute Gasteiger partial charge is 0.383 e. The van der Waals surface area contributed by atoms with Crippen LogP contribution < -0.4 is 10.6 Å². The lowest BCUT2D eigenvalue weighted by Crippen LogP contribution is -2.40. The Morgan fingerprint density at radius 1 is 1.00 bits per heavy atom. The molecule has 1 rings (SSSR count). The Morgan fingerprint density at radius 2 is 1.74 bits per heavy atom. The SMILES string of the molecule is CCCCOCCOCCNC(=NCCN(CCOC)C1CC1)NCC.I. The van der Waals surface area contributed by atoms with Crippen molar-refractivity contribution in [1.82, 2.24) is 15.5 Å². The number of nitrogens with one attached hydrogen (secondary N) is 2. The molecular weight excluding hydrogens is 459 g/mol. The van der Waals surface area contributed by atoms with Gasteiger partial charge >= 0.3 is 0 Å². The summed E-state index contributed by atoms with van der Waals surface area (Å²) in [5.41, 5.74) is 0. The fraction of sp³-hybridized carbons (Fsp3) is 0.947. The zero-order valence-electron chi connectivity index (χ0n) is 17.5. The summed E-state index contributed by atoms with van der Waals surface area (Å²) in [6.07, 6.45) is 4.91. The minimum atomic E-state index is 0. The predicted octanol–water partition coefficient (Wildman–Crippen LogP) is 2.10. The monoisotopic (exact) mass is 500 g/mol. The summed E-state index contributed by atoms with van der Waals surface area (Å²) in [4.78, 5) is 7.16. The Balaban J connectivity index is 0.00000676. The van der Waals surface area contributed by atoms with Crippen LogP contribution in [-0.4, -0.2) is 89.8 Å². The van der Waals surface area contributed by atoms with Gasteiger partial charge in [-0.05, 0) is 26.2 Å². The maximum Gasteiger partial charge on any atom is 0.191 e. The highest BCUT2D eigenvalue weighted by atomic mass is 127. The summed E-state index contributed by atoms with van der Waals surface area (Å²) in [5, 5.41) is 6.61. The van der Waals surface area contributed by atoms with E-state index in [9.17, 15) is 0 Å². The Bertz CT molecular complexity index is 358. The minimum absolute atomic E-state index is 0. The molecule has 1 aliphatic carbocycles. The summed E-state index contributed by atoms with van der Waals surface area (Å²) in [5.74, 6) is 0.859. The van der Waals surface area contributed by atoms with Crippen LogP contribution >= 0.6 is 24.0 Å². The summed E-state index contributed by atoms with van der Waals surface area (Å²) in [6, 6.07) is 0.740. The summed E-state index contributed by atoms with van der Waals surface area (Å²) in [6.45, 7) is 12.2. The molecule has 7 nitrogen and oxygen atoms in total. The number of rotatable bonds is 17. The number of methoxy groups -OCH3 is 1. The van der Waals surface area contributed by atoms with Gasteiger partial charge in [0, 0.05) is 45.9 Å². The van der Waals surface area contributed by atoms with Gasteiger partial charge in [0.05, 0.1) is 33.0 Å². The normalized spacial score (nSPS) is 14.3. The highest BCUT2D eigenvalue weighted by Crippen LogP contribution is 2.26. The predicted molar refractivity (Wildman–Crippen MR) is 122 cm³/mol.